The Morgan fingerprint density at radius 3 is 2.41 bits per heavy atom. The Kier molecular flexibility index (Phi) is 6.72. The molecule has 1 fully saturated rings. The second-order valence-corrected chi connectivity index (χ2v) is 6.77. The molecule has 1 aliphatic rings. The zero-order chi connectivity index (χ0) is 20.8. The molecule has 2 aromatic carbocycles. The predicted molar refractivity (Wildman–Crippen MR) is 109 cm³/mol. The van der Waals surface area contributed by atoms with E-state index in [0.29, 0.717) is 36.1 Å². The fourth-order valence-electron chi connectivity index (χ4n) is 3.46. The van der Waals surface area contributed by atoms with E-state index >= 15 is 0 Å². The van der Waals surface area contributed by atoms with Crippen LogP contribution in [0.5, 0.6) is 17.2 Å². The number of hydrogen-bond acceptors (Lipinski definition) is 5. The summed E-state index contributed by atoms with van der Waals surface area (Å²) in [6.07, 6.45) is 0.958. The molecule has 0 spiro atoms. The summed E-state index contributed by atoms with van der Waals surface area (Å²) < 4.78 is 16.0. The molecule has 3 rings (SSSR count). The number of carbonyl (C=O) groups is 2. The lowest BCUT2D eigenvalue weighted by atomic mass is 10.1. The quantitative estimate of drug-likeness (QED) is 0.647. The van der Waals surface area contributed by atoms with Crippen LogP contribution in [0.1, 0.15) is 18.9 Å². The van der Waals surface area contributed by atoms with Gasteiger partial charge in [-0.05, 0) is 48.9 Å². The zero-order valence-corrected chi connectivity index (χ0v) is 17.0. The van der Waals surface area contributed by atoms with Crippen molar-refractivity contribution in [1.82, 2.24) is 0 Å². The molecule has 0 unspecified atom stereocenters. The molecule has 2 amide bonds. The first-order valence-corrected chi connectivity index (χ1v) is 9.71. The molecular weight excluding hydrogens is 372 g/mol. The maximum absolute atomic E-state index is 12.8. The van der Waals surface area contributed by atoms with Crippen molar-refractivity contribution in [2.24, 2.45) is 0 Å². The molecule has 0 saturated carbocycles. The van der Waals surface area contributed by atoms with Crippen molar-refractivity contribution in [1.29, 1.82) is 0 Å². The molecule has 2 N–H and O–H groups in total. The smallest absolute Gasteiger partial charge is 0.292 e. The SMILES string of the molecule is CCOc1ccc(N2C(=O)C[C@H]([NH2+]CCc3ccc(OC)c(OC)c3)C2=O)cc1. The number of benzene rings is 2. The molecule has 7 heteroatoms. The summed E-state index contributed by atoms with van der Waals surface area (Å²) in [6, 6.07) is 12.4. The largest absolute Gasteiger partial charge is 0.494 e. The van der Waals surface area contributed by atoms with Crippen molar-refractivity contribution in [2.45, 2.75) is 25.8 Å². The lowest BCUT2D eigenvalue weighted by Gasteiger charge is -2.15. The van der Waals surface area contributed by atoms with Gasteiger partial charge in [-0.3, -0.25) is 9.59 Å². The van der Waals surface area contributed by atoms with Crippen molar-refractivity contribution in [2.75, 3.05) is 32.3 Å². The summed E-state index contributed by atoms with van der Waals surface area (Å²) in [5.41, 5.74) is 1.67. The van der Waals surface area contributed by atoms with Crippen LogP contribution in [0.4, 0.5) is 5.69 Å². The van der Waals surface area contributed by atoms with Gasteiger partial charge >= 0.3 is 0 Å². The first-order chi connectivity index (χ1) is 14.1. The van der Waals surface area contributed by atoms with E-state index in [1.165, 1.54) is 4.90 Å². The molecule has 0 aromatic heterocycles. The van der Waals surface area contributed by atoms with E-state index in [1.807, 2.05) is 30.4 Å². The average Bonchev–Trinajstić information content (AvgIpc) is 3.02. The highest BCUT2D eigenvalue weighted by molar-refractivity contribution is 6.21. The number of anilines is 1. The van der Waals surface area contributed by atoms with Crippen LogP contribution in [0.3, 0.4) is 0 Å². The van der Waals surface area contributed by atoms with Gasteiger partial charge in [0.05, 0.1) is 39.5 Å². The van der Waals surface area contributed by atoms with Gasteiger partial charge in [0.15, 0.2) is 17.5 Å². The normalized spacial score (nSPS) is 16.2. The second kappa shape index (κ2) is 9.43. The Balaban J connectivity index is 1.58. The molecule has 1 atom stereocenters. The monoisotopic (exact) mass is 399 g/mol. The minimum Gasteiger partial charge on any atom is -0.494 e. The minimum atomic E-state index is -0.394. The van der Waals surface area contributed by atoms with Crippen LogP contribution in [-0.2, 0) is 16.0 Å². The topological polar surface area (TPSA) is 81.7 Å². The number of rotatable bonds is 9. The Morgan fingerprint density at radius 1 is 1.03 bits per heavy atom. The zero-order valence-electron chi connectivity index (χ0n) is 17.0. The van der Waals surface area contributed by atoms with Gasteiger partial charge < -0.3 is 19.5 Å². The Bertz CT molecular complexity index is 866. The van der Waals surface area contributed by atoms with Gasteiger partial charge in [0.1, 0.15) is 5.75 Å². The average molecular weight is 399 g/mol. The number of imide groups is 1. The maximum atomic E-state index is 12.8. The molecule has 1 heterocycles. The Labute approximate surface area is 170 Å². The molecule has 0 radical (unpaired) electrons. The van der Waals surface area contributed by atoms with Crippen LogP contribution in [0.25, 0.3) is 0 Å². The van der Waals surface area contributed by atoms with Crippen LogP contribution in [-0.4, -0.2) is 45.2 Å². The minimum absolute atomic E-state index is 0.175. The number of nitrogens with zero attached hydrogens (tertiary/aromatic N) is 1. The van der Waals surface area contributed by atoms with E-state index in [0.717, 1.165) is 12.0 Å². The fraction of sp³-hybridized carbons (Fsp3) is 0.364. The third-order valence-electron chi connectivity index (χ3n) is 4.92. The lowest BCUT2D eigenvalue weighted by molar-refractivity contribution is -0.674. The van der Waals surface area contributed by atoms with E-state index in [4.69, 9.17) is 14.2 Å². The third-order valence-corrected chi connectivity index (χ3v) is 4.92. The molecular formula is C22H27N2O5+. The van der Waals surface area contributed by atoms with E-state index in [-0.39, 0.29) is 18.2 Å². The fourth-order valence-corrected chi connectivity index (χ4v) is 3.46. The van der Waals surface area contributed by atoms with Gasteiger partial charge in [-0.1, -0.05) is 6.07 Å². The lowest BCUT2D eigenvalue weighted by Crippen LogP contribution is -2.92. The number of amides is 2. The number of quaternary nitrogens is 1. The maximum Gasteiger partial charge on any atom is 0.292 e. The van der Waals surface area contributed by atoms with Crippen LogP contribution >= 0.6 is 0 Å². The van der Waals surface area contributed by atoms with Gasteiger partial charge in [0, 0.05) is 6.42 Å². The van der Waals surface area contributed by atoms with Gasteiger partial charge in [-0.15, -0.1) is 0 Å². The van der Waals surface area contributed by atoms with Crippen molar-refractivity contribution >= 4 is 17.5 Å². The molecule has 7 nitrogen and oxygen atoms in total. The van der Waals surface area contributed by atoms with Crippen LogP contribution in [0.15, 0.2) is 42.5 Å². The summed E-state index contributed by atoms with van der Waals surface area (Å²) in [5.74, 6) is 1.73. The summed E-state index contributed by atoms with van der Waals surface area (Å²) in [5, 5.41) is 1.94. The van der Waals surface area contributed by atoms with Gasteiger partial charge in [0.25, 0.3) is 5.91 Å². The van der Waals surface area contributed by atoms with Crippen molar-refractivity contribution in [3.8, 4) is 17.2 Å². The summed E-state index contributed by atoms with van der Waals surface area (Å²) in [6.45, 7) is 3.16. The summed E-state index contributed by atoms with van der Waals surface area (Å²) in [4.78, 5) is 26.4. The second-order valence-electron chi connectivity index (χ2n) is 6.77. The van der Waals surface area contributed by atoms with E-state index in [9.17, 15) is 9.59 Å². The van der Waals surface area contributed by atoms with Gasteiger partial charge in [-0.25, -0.2) is 4.90 Å². The Morgan fingerprint density at radius 2 is 1.76 bits per heavy atom. The standard InChI is InChI=1S/C22H26N2O5/c1-4-29-17-8-6-16(7-9-17)24-21(25)14-18(22(24)26)23-12-11-15-5-10-19(27-2)20(13-15)28-3/h5-10,13,18,23H,4,11-12,14H2,1-3H3/p+1/t18-/m0/s1. The predicted octanol–water partition coefficient (Wildman–Crippen LogP) is 1.54. The number of ether oxygens (including phenoxy) is 3. The molecule has 1 aliphatic heterocycles. The molecule has 0 aliphatic carbocycles. The van der Waals surface area contributed by atoms with Gasteiger partial charge in [0.2, 0.25) is 5.91 Å². The van der Waals surface area contributed by atoms with Crippen LogP contribution in [0, 0.1) is 0 Å². The van der Waals surface area contributed by atoms with Crippen LogP contribution < -0.4 is 24.4 Å². The van der Waals surface area contributed by atoms with Crippen LogP contribution in [0.2, 0.25) is 0 Å². The van der Waals surface area contributed by atoms with E-state index in [2.05, 4.69) is 0 Å². The number of hydrogen-bond donors (Lipinski definition) is 1. The molecule has 29 heavy (non-hydrogen) atoms. The summed E-state index contributed by atoms with van der Waals surface area (Å²) >= 11 is 0. The highest BCUT2D eigenvalue weighted by Crippen LogP contribution is 2.27. The van der Waals surface area contributed by atoms with E-state index < -0.39 is 6.04 Å². The molecule has 1 saturated heterocycles. The number of carbonyl (C=O) groups excluding carboxylic acids is 2. The van der Waals surface area contributed by atoms with Gasteiger partial charge in [-0.2, -0.15) is 0 Å². The first kappa shape index (κ1) is 20.7. The molecule has 0 bridgehead atoms. The third kappa shape index (κ3) is 4.68. The summed E-state index contributed by atoms with van der Waals surface area (Å²) in [7, 11) is 3.20. The van der Waals surface area contributed by atoms with Crippen molar-refractivity contribution < 1.29 is 29.1 Å². The van der Waals surface area contributed by atoms with Crippen molar-refractivity contribution in [3.63, 3.8) is 0 Å². The number of methoxy groups -OCH3 is 2. The first-order valence-electron chi connectivity index (χ1n) is 9.71. The Hall–Kier alpha value is -3.06. The highest BCUT2D eigenvalue weighted by Gasteiger charge is 2.42. The van der Waals surface area contributed by atoms with Crippen molar-refractivity contribution in [3.05, 3.63) is 48.0 Å². The molecule has 2 aromatic rings. The molecule has 154 valence electrons. The van der Waals surface area contributed by atoms with E-state index in [1.54, 1.807) is 38.5 Å². The highest BCUT2D eigenvalue weighted by atomic mass is 16.5. The number of nitrogens with two attached hydrogens (primary N) is 1.